The van der Waals surface area contributed by atoms with Crippen molar-refractivity contribution in [2.75, 3.05) is 13.1 Å². The van der Waals surface area contributed by atoms with Crippen LogP contribution >= 0.6 is 43.2 Å². The maximum Gasteiger partial charge on any atom is 0.253 e. The molecule has 1 aromatic heterocycles. The first-order chi connectivity index (χ1) is 7.54. The number of nitrogens with one attached hydrogen (secondary N) is 2. The maximum atomic E-state index is 11.8. The van der Waals surface area contributed by atoms with Crippen LogP contribution in [-0.2, 0) is 0 Å². The van der Waals surface area contributed by atoms with Crippen LogP contribution in [0.2, 0.25) is 0 Å². The Morgan fingerprint density at radius 3 is 2.75 bits per heavy atom. The molecule has 3 nitrogen and oxygen atoms in total. The summed E-state index contributed by atoms with van der Waals surface area (Å²) in [7, 11) is 0. The van der Waals surface area contributed by atoms with Crippen LogP contribution in [0, 0.1) is 0 Å². The van der Waals surface area contributed by atoms with E-state index in [-0.39, 0.29) is 11.9 Å². The van der Waals surface area contributed by atoms with E-state index in [1.165, 1.54) is 11.3 Å². The van der Waals surface area contributed by atoms with Crippen LogP contribution in [0.4, 0.5) is 0 Å². The average Bonchev–Trinajstić information content (AvgIpc) is 2.55. The Balaban J connectivity index is 2.50. The van der Waals surface area contributed by atoms with Gasteiger partial charge in [-0.1, -0.05) is 6.92 Å². The summed E-state index contributed by atoms with van der Waals surface area (Å²) in [6.45, 7) is 5.63. The molecule has 1 amide bonds. The molecule has 90 valence electrons. The van der Waals surface area contributed by atoms with Gasteiger partial charge in [0.2, 0.25) is 0 Å². The molecule has 0 aromatic carbocycles. The van der Waals surface area contributed by atoms with E-state index in [0.717, 1.165) is 14.1 Å². The smallest absolute Gasteiger partial charge is 0.253 e. The zero-order valence-corrected chi connectivity index (χ0v) is 13.1. The van der Waals surface area contributed by atoms with Crippen LogP contribution in [0.3, 0.4) is 0 Å². The van der Waals surface area contributed by atoms with Crippen molar-refractivity contribution in [2.24, 2.45) is 0 Å². The Labute approximate surface area is 116 Å². The summed E-state index contributed by atoms with van der Waals surface area (Å²) in [5, 5.41) is 6.13. The average molecular weight is 370 g/mol. The van der Waals surface area contributed by atoms with E-state index in [4.69, 9.17) is 0 Å². The number of thiophene rings is 1. The summed E-state index contributed by atoms with van der Waals surface area (Å²) in [4.78, 5) is 11.8. The molecule has 0 unspecified atom stereocenters. The molecule has 2 N–H and O–H groups in total. The second-order valence-corrected chi connectivity index (χ2v) is 7.16. The van der Waals surface area contributed by atoms with Gasteiger partial charge in [0.05, 0.1) is 13.1 Å². The lowest BCUT2D eigenvalue weighted by atomic mass is 10.3. The number of rotatable bonds is 5. The highest BCUT2D eigenvalue weighted by Crippen LogP contribution is 2.31. The minimum atomic E-state index is -0.0430. The Morgan fingerprint density at radius 1 is 1.56 bits per heavy atom. The Bertz CT molecular complexity index is 368. The summed E-state index contributed by atoms with van der Waals surface area (Å²) < 4.78 is 1.80. The van der Waals surface area contributed by atoms with Crippen LogP contribution in [-0.4, -0.2) is 25.0 Å². The number of hydrogen-bond acceptors (Lipinski definition) is 3. The SMILES string of the molecule is CCN[C@H](C)CNC(=O)c1cc(Br)sc1Br. The van der Waals surface area contributed by atoms with Crippen LogP contribution < -0.4 is 10.6 Å². The molecule has 1 rings (SSSR count). The van der Waals surface area contributed by atoms with Gasteiger partial charge < -0.3 is 10.6 Å². The Morgan fingerprint density at radius 2 is 2.25 bits per heavy atom. The van der Waals surface area contributed by atoms with Gasteiger partial charge in [0.1, 0.15) is 0 Å². The molecule has 6 heteroatoms. The molecule has 0 radical (unpaired) electrons. The minimum absolute atomic E-state index is 0.0430. The van der Waals surface area contributed by atoms with Crippen molar-refractivity contribution in [1.82, 2.24) is 10.6 Å². The van der Waals surface area contributed by atoms with Crippen molar-refractivity contribution in [1.29, 1.82) is 0 Å². The molecule has 0 spiro atoms. The minimum Gasteiger partial charge on any atom is -0.350 e. The van der Waals surface area contributed by atoms with Gasteiger partial charge in [-0.05, 0) is 51.4 Å². The molecule has 0 aliphatic carbocycles. The van der Waals surface area contributed by atoms with E-state index in [2.05, 4.69) is 42.5 Å². The summed E-state index contributed by atoms with van der Waals surface area (Å²) in [5.41, 5.74) is 0.681. The zero-order chi connectivity index (χ0) is 12.1. The van der Waals surface area contributed by atoms with E-state index in [9.17, 15) is 4.79 Å². The second kappa shape index (κ2) is 6.74. The Hall–Kier alpha value is 0.0900. The van der Waals surface area contributed by atoms with Gasteiger partial charge in [-0.2, -0.15) is 0 Å². The lowest BCUT2D eigenvalue weighted by Gasteiger charge is -2.12. The first-order valence-electron chi connectivity index (χ1n) is 5.01. The van der Waals surface area contributed by atoms with E-state index >= 15 is 0 Å². The van der Waals surface area contributed by atoms with E-state index in [0.29, 0.717) is 12.1 Å². The molecule has 0 aliphatic heterocycles. The monoisotopic (exact) mass is 368 g/mol. The molecule has 0 bridgehead atoms. The van der Waals surface area contributed by atoms with Gasteiger partial charge in [0, 0.05) is 12.6 Å². The molecule has 0 aliphatic rings. The van der Waals surface area contributed by atoms with Gasteiger partial charge in [0.15, 0.2) is 0 Å². The highest BCUT2D eigenvalue weighted by Gasteiger charge is 2.13. The molecule has 0 saturated heterocycles. The maximum absolute atomic E-state index is 11.8. The number of hydrogen-bond donors (Lipinski definition) is 2. The first kappa shape index (κ1) is 14.2. The van der Waals surface area contributed by atoms with E-state index in [1.54, 1.807) is 0 Å². The van der Waals surface area contributed by atoms with E-state index < -0.39 is 0 Å². The lowest BCUT2D eigenvalue weighted by Crippen LogP contribution is -2.38. The van der Waals surface area contributed by atoms with Crippen molar-refractivity contribution in [3.05, 3.63) is 19.2 Å². The van der Waals surface area contributed by atoms with Gasteiger partial charge >= 0.3 is 0 Å². The topological polar surface area (TPSA) is 41.1 Å². The normalized spacial score (nSPS) is 12.5. The third-order valence-corrected chi connectivity index (χ3v) is 4.36. The van der Waals surface area contributed by atoms with Gasteiger partial charge in [-0.25, -0.2) is 0 Å². The number of carbonyl (C=O) groups excluding carboxylic acids is 1. The number of carbonyl (C=O) groups is 1. The molecule has 0 fully saturated rings. The quantitative estimate of drug-likeness (QED) is 0.837. The fraction of sp³-hybridized carbons (Fsp3) is 0.500. The predicted octanol–water partition coefficient (Wildman–Crippen LogP) is 3.00. The highest BCUT2D eigenvalue weighted by atomic mass is 79.9. The van der Waals surface area contributed by atoms with Crippen LogP contribution in [0.1, 0.15) is 24.2 Å². The number of amides is 1. The highest BCUT2D eigenvalue weighted by molar-refractivity contribution is 9.12. The van der Waals surface area contributed by atoms with Crippen molar-refractivity contribution < 1.29 is 4.79 Å². The Kier molecular flexibility index (Phi) is 5.96. The van der Waals surface area contributed by atoms with Crippen molar-refractivity contribution in [3.63, 3.8) is 0 Å². The van der Waals surface area contributed by atoms with Gasteiger partial charge in [0.25, 0.3) is 5.91 Å². The molecule has 0 saturated carbocycles. The van der Waals surface area contributed by atoms with E-state index in [1.807, 2.05) is 19.9 Å². The third kappa shape index (κ3) is 4.16. The molecule has 1 atom stereocenters. The first-order valence-corrected chi connectivity index (χ1v) is 7.41. The zero-order valence-electron chi connectivity index (χ0n) is 9.14. The van der Waals surface area contributed by atoms with Crippen molar-refractivity contribution >= 4 is 49.1 Å². The molecule has 1 heterocycles. The van der Waals surface area contributed by atoms with Gasteiger partial charge in [-0.3, -0.25) is 4.79 Å². The summed E-state index contributed by atoms with van der Waals surface area (Å²) in [6, 6.07) is 2.11. The number of likely N-dealkylation sites (N-methyl/N-ethyl adjacent to an activating group) is 1. The van der Waals surface area contributed by atoms with Crippen LogP contribution in [0.5, 0.6) is 0 Å². The summed E-state index contributed by atoms with van der Waals surface area (Å²) >= 11 is 8.22. The number of halogens is 2. The van der Waals surface area contributed by atoms with Crippen LogP contribution in [0.25, 0.3) is 0 Å². The molecule has 16 heavy (non-hydrogen) atoms. The van der Waals surface area contributed by atoms with Crippen LogP contribution in [0.15, 0.2) is 13.6 Å². The second-order valence-electron chi connectivity index (χ2n) is 3.41. The molecule has 1 aromatic rings. The van der Waals surface area contributed by atoms with Gasteiger partial charge in [-0.15, -0.1) is 11.3 Å². The van der Waals surface area contributed by atoms with Crippen molar-refractivity contribution in [2.45, 2.75) is 19.9 Å². The fourth-order valence-electron chi connectivity index (χ4n) is 1.26. The molecular weight excluding hydrogens is 356 g/mol. The fourth-order valence-corrected chi connectivity index (χ4v) is 4.05. The molecular formula is C10H14Br2N2OS. The summed E-state index contributed by atoms with van der Waals surface area (Å²) in [5.74, 6) is -0.0430. The predicted molar refractivity (Wildman–Crippen MR) is 75.2 cm³/mol. The standard InChI is InChI=1S/C10H14Br2N2OS/c1-3-13-6(2)5-14-10(15)7-4-8(11)16-9(7)12/h4,6,13H,3,5H2,1-2H3,(H,14,15)/t6-/m1/s1. The van der Waals surface area contributed by atoms with Crippen molar-refractivity contribution in [3.8, 4) is 0 Å². The largest absolute Gasteiger partial charge is 0.350 e. The third-order valence-electron chi connectivity index (χ3n) is 2.02. The summed E-state index contributed by atoms with van der Waals surface area (Å²) in [6.07, 6.45) is 0. The lowest BCUT2D eigenvalue weighted by molar-refractivity contribution is 0.0950.